The average Bonchev–Trinajstić information content (AvgIpc) is 2.37. The molecule has 1 aromatic rings. The van der Waals surface area contributed by atoms with Crippen LogP contribution in [0.15, 0.2) is 12.1 Å². The molecule has 1 atom stereocenters. The lowest BCUT2D eigenvalue weighted by Crippen LogP contribution is -2.13. The molecule has 2 N–H and O–H groups in total. The van der Waals surface area contributed by atoms with Crippen LogP contribution in [-0.2, 0) is 0 Å². The van der Waals surface area contributed by atoms with Gasteiger partial charge in [-0.2, -0.15) is 0 Å². The third-order valence-corrected chi connectivity index (χ3v) is 2.72. The van der Waals surface area contributed by atoms with Crippen molar-refractivity contribution in [3.63, 3.8) is 0 Å². The molecule has 0 bridgehead atoms. The minimum atomic E-state index is -0.0872. The Morgan fingerprint density at radius 2 is 1.56 bits per heavy atom. The molecule has 0 amide bonds. The summed E-state index contributed by atoms with van der Waals surface area (Å²) in [6, 6.07) is 3.57. The standard InChI is InChI=1S/C13H21NO3.ClH/c1-5-6-10(14)13-11(16-3)7-9(15-2)8-12(13)17-4;/h7-8,10H,5-6,14H2,1-4H3;1H/t10-;/m1./s1. The molecule has 0 aliphatic rings. The smallest absolute Gasteiger partial charge is 0.131 e. The van der Waals surface area contributed by atoms with Crippen LogP contribution in [0.1, 0.15) is 31.4 Å². The van der Waals surface area contributed by atoms with Crippen LogP contribution < -0.4 is 19.9 Å². The molecule has 5 heteroatoms. The quantitative estimate of drug-likeness (QED) is 0.867. The Balaban J connectivity index is 0.00000289. The average molecular weight is 276 g/mol. The van der Waals surface area contributed by atoms with Gasteiger partial charge in [0.1, 0.15) is 17.2 Å². The van der Waals surface area contributed by atoms with Crippen molar-refractivity contribution in [1.82, 2.24) is 0 Å². The van der Waals surface area contributed by atoms with Gasteiger partial charge in [0.05, 0.1) is 26.9 Å². The molecule has 0 aliphatic heterocycles. The molecule has 0 aliphatic carbocycles. The first-order chi connectivity index (χ1) is 8.17. The third-order valence-electron chi connectivity index (χ3n) is 2.72. The Morgan fingerprint density at radius 1 is 1.06 bits per heavy atom. The summed E-state index contributed by atoms with van der Waals surface area (Å²) in [5.41, 5.74) is 7.05. The van der Waals surface area contributed by atoms with E-state index < -0.39 is 0 Å². The number of rotatable bonds is 6. The van der Waals surface area contributed by atoms with E-state index in [1.54, 1.807) is 21.3 Å². The van der Waals surface area contributed by atoms with Gasteiger partial charge in [0.25, 0.3) is 0 Å². The summed E-state index contributed by atoms with van der Waals surface area (Å²) in [5, 5.41) is 0. The van der Waals surface area contributed by atoms with Gasteiger partial charge in [-0.3, -0.25) is 0 Å². The molecule has 0 saturated heterocycles. The van der Waals surface area contributed by atoms with E-state index in [-0.39, 0.29) is 18.4 Å². The van der Waals surface area contributed by atoms with Crippen LogP contribution in [0.4, 0.5) is 0 Å². The molecule has 18 heavy (non-hydrogen) atoms. The van der Waals surface area contributed by atoms with Gasteiger partial charge in [-0.1, -0.05) is 13.3 Å². The van der Waals surface area contributed by atoms with Crippen LogP contribution in [-0.4, -0.2) is 21.3 Å². The van der Waals surface area contributed by atoms with Gasteiger partial charge in [-0.25, -0.2) is 0 Å². The summed E-state index contributed by atoms with van der Waals surface area (Å²) in [6.45, 7) is 2.10. The summed E-state index contributed by atoms with van der Waals surface area (Å²) in [4.78, 5) is 0. The number of benzene rings is 1. The van der Waals surface area contributed by atoms with Crippen molar-refractivity contribution in [1.29, 1.82) is 0 Å². The zero-order valence-electron chi connectivity index (χ0n) is 11.4. The second-order valence-electron chi connectivity index (χ2n) is 3.84. The molecule has 0 spiro atoms. The van der Waals surface area contributed by atoms with Crippen molar-refractivity contribution in [2.45, 2.75) is 25.8 Å². The summed E-state index contributed by atoms with van der Waals surface area (Å²) in [5.74, 6) is 2.12. The van der Waals surface area contributed by atoms with Gasteiger partial charge in [0.15, 0.2) is 0 Å². The molecule has 0 fully saturated rings. The fourth-order valence-electron chi connectivity index (χ4n) is 1.85. The lowest BCUT2D eigenvalue weighted by atomic mass is 10.0. The molecular weight excluding hydrogens is 254 g/mol. The number of hydrogen-bond acceptors (Lipinski definition) is 4. The lowest BCUT2D eigenvalue weighted by Gasteiger charge is -2.19. The van der Waals surface area contributed by atoms with Gasteiger partial charge in [-0.05, 0) is 6.42 Å². The van der Waals surface area contributed by atoms with Crippen LogP contribution >= 0.6 is 12.4 Å². The first kappa shape index (κ1) is 16.9. The highest BCUT2D eigenvalue weighted by Gasteiger charge is 2.18. The summed E-state index contributed by atoms with van der Waals surface area (Å²) >= 11 is 0. The van der Waals surface area contributed by atoms with E-state index in [1.165, 1.54) is 0 Å². The third kappa shape index (κ3) is 3.68. The zero-order chi connectivity index (χ0) is 12.8. The Labute approximate surface area is 115 Å². The minimum Gasteiger partial charge on any atom is -0.496 e. The van der Waals surface area contributed by atoms with Crippen LogP contribution in [0.3, 0.4) is 0 Å². The van der Waals surface area contributed by atoms with E-state index in [2.05, 4.69) is 6.92 Å². The maximum absolute atomic E-state index is 6.15. The Hall–Kier alpha value is -1.13. The van der Waals surface area contributed by atoms with Crippen LogP contribution in [0, 0.1) is 0 Å². The summed E-state index contributed by atoms with van der Waals surface area (Å²) in [7, 11) is 4.85. The van der Waals surface area contributed by atoms with E-state index in [1.807, 2.05) is 12.1 Å². The summed E-state index contributed by atoms with van der Waals surface area (Å²) < 4.78 is 15.9. The first-order valence-electron chi connectivity index (χ1n) is 5.73. The van der Waals surface area contributed by atoms with E-state index in [4.69, 9.17) is 19.9 Å². The molecule has 104 valence electrons. The second-order valence-corrected chi connectivity index (χ2v) is 3.84. The Bertz CT molecular complexity index is 346. The maximum atomic E-state index is 6.15. The van der Waals surface area contributed by atoms with Gasteiger partial charge in [0.2, 0.25) is 0 Å². The molecule has 0 radical (unpaired) electrons. The van der Waals surface area contributed by atoms with Gasteiger partial charge >= 0.3 is 0 Å². The number of methoxy groups -OCH3 is 3. The monoisotopic (exact) mass is 275 g/mol. The predicted molar refractivity (Wildman–Crippen MR) is 75.2 cm³/mol. The molecule has 4 nitrogen and oxygen atoms in total. The van der Waals surface area contributed by atoms with Gasteiger partial charge < -0.3 is 19.9 Å². The van der Waals surface area contributed by atoms with Gasteiger partial charge in [-0.15, -0.1) is 12.4 Å². The topological polar surface area (TPSA) is 53.7 Å². The SMILES string of the molecule is CCC[C@@H](N)c1c(OC)cc(OC)cc1OC.Cl. The van der Waals surface area contributed by atoms with Crippen molar-refractivity contribution in [3.05, 3.63) is 17.7 Å². The van der Waals surface area contributed by atoms with Crippen molar-refractivity contribution in [3.8, 4) is 17.2 Å². The van der Waals surface area contributed by atoms with E-state index >= 15 is 0 Å². The second kappa shape index (κ2) is 8.06. The normalized spacial score (nSPS) is 11.4. The Kier molecular flexibility index (Phi) is 7.55. The minimum absolute atomic E-state index is 0. The Morgan fingerprint density at radius 3 is 1.89 bits per heavy atom. The van der Waals surface area contributed by atoms with E-state index in [0.717, 1.165) is 18.4 Å². The van der Waals surface area contributed by atoms with Crippen molar-refractivity contribution >= 4 is 12.4 Å². The maximum Gasteiger partial charge on any atom is 0.131 e. The van der Waals surface area contributed by atoms with Crippen molar-refractivity contribution < 1.29 is 14.2 Å². The van der Waals surface area contributed by atoms with Gasteiger partial charge in [0, 0.05) is 18.2 Å². The zero-order valence-corrected chi connectivity index (χ0v) is 12.2. The molecule has 0 unspecified atom stereocenters. The highest BCUT2D eigenvalue weighted by atomic mass is 35.5. The fourth-order valence-corrected chi connectivity index (χ4v) is 1.85. The summed E-state index contributed by atoms with van der Waals surface area (Å²) in [6.07, 6.45) is 1.90. The molecule has 1 rings (SSSR count). The number of hydrogen-bond donors (Lipinski definition) is 1. The molecular formula is C13H22ClNO3. The highest BCUT2D eigenvalue weighted by molar-refractivity contribution is 5.85. The molecule has 0 aromatic heterocycles. The number of ether oxygens (including phenoxy) is 3. The lowest BCUT2D eigenvalue weighted by molar-refractivity contribution is 0.362. The largest absolute Gasteiger partial charge is 0.496 e. The van der Waals surface area contributed by atoms with Crippen LogP contribution in [0.2, 0.25) is 0 Å². The highest BCUT2D eigenvalue weighted by Crippen LogP contribution is 2.38. The number of halogens is 1. The predicted octanol–water partition coefficient (Wildman–Crippen LogP) is 2.93. The fraction of sp³-hybridized carbons (Fsp3) is 0.538. The van der Waals surface area contributed by atoms with E-state index in [9.17, 15) is 0 Å². The molecule has 1 aromatic carbocycles. The number of nitrogens with two attached hydrogens (primary N) is 1. The molecule has 0 saturated carbocycles. The van der Waals surface area contributed by atoms with Crippen LogP contribution in [0.5, 0.6) is 17.2 Å². The van der Waals surface area contributed by atoms with Crippen molar-refractivity contribution in [2.24, 2.45) is 5.73 Å². The molecule has 0 heterocycles. The van der Waals surface area contributed by atoms with Crippen molar-refractivity contribution in [2.75, 3.05) is 21.3 Å². The van der Waals surface area contributed by atoms with Crippen LogP contribution in [0.25, 0.3) is 0 Å². The van der Waals surface area contributed by atoms with E-state index in [0.29, 0.717) is 17.2 Å². The first-order valence-corrected chi connectivity index (χ1v) is 5.73.